The molecule has 1 atom stereocenters. The molecule has 1 saturated heterocycles. The normalized spacial score (nSPS) is 19.7. The van der Waals surface area contributed by atoms with Crippen LogP contribution in [0.3, 0.4) is 0 Å². The molecule has 1 aromatic rings. The summed E-state index contributed by atoms with van der Waals surface area (Å²) < 4.78 is 5.59. The Morgan fingerprint density at radius 3 is 2.70 bits per heavy atom. The molecule has 0 aromatic carbocycles. The lowest BCUT2D eigenvalue weighted by atomic mass is 9.97. The van der Waals surface area contributed by atoms with E-state index in [9.17, 15) is 9.59 Å². The van der Waals surface area contributed by atoms with Crippen molar-refractivity contribution in [1.29, 1.82) is 0 Å². The average Bonchev–Trinajstić information content (AvgIpc) is 2.91. The van der Waals surface area contributed by atoms with E-state index in [0.717, 1.165) is 0 Å². The number of carbonyl (C=O) groups is 2. The molecule has 1 unspecified atom stereocenters. The molecule has 1 fully saturated rings. The van der Waals surface area contributed by atoms with Crippen molar-refractivity contribution in [2.45, 2.75) is 39.5 Å². The first kappa shape index (κ1) is 15.0. The van der Waals surface area contributed by atoms with Crippen LogP contribution in [0.5, 0.6) is 0 Å². The van der Waals surface area contributed by atoms with Crippen molar-refractivity contribution in [3.63, 3.8) is 0 Å². The molecule has 6 nitrogen and oxygen atoms in total. The van der Waals surface area contributed by atoms with Gasteiger partial charge in [-0.25, -0.2) is 0 Å². The second-order valence-electron chi connectivity index (χ2n) is 6.02. The maximum absolute atomic E-state index is 12.0. The van der Waals surface area contributed by atoms with Crippen LogP contribution in [0.15, 0.2) is 4.42 Å². The molecule has 1 aliphatic rings. The molecule has 0 saturated carbocycles. The lowest BCUT2D eigenvalue weighted by molar-refractivity contribution is -0.117. The third kappa shape index (κ3) is 3.39. The number of rotatable bonds is 3. The van der Waals surface area contributed by atoms with E-state index in [1.807, 2.05) is 20.8 Å². The summed E-state index contributed by atoms with van der Waals surface area (Å²) in [7, 11) is 0. The highest BCUT2D eigenvalue weighted by Gasteiger charge is 2.34. The highest BCUT2D eigenvalue weighted by atomic mass is 32.2. The predicted octanol–water partition coefficient (Wildman–Crippen LogP) is 2.00. The SMILES string of the molecule is CC(=O)SCC1CC(=O)N(c2nnc(C(C)(C)C)o2)C1. The molecule has 1 amide bonds. The molecule has 20 heavy (non-hydrogen) atoms. The Bertz CT molecular complexity index is 521. The van der Waals surface area contributed by atoms with Crippen LogP contribution in [-0.4, -0.2) is 33.5 Å². The molecule has 1 aliphatic heterocycles. The number of nitrogens with zero attached hydrogens (tertiary/aromatic N) is 3. The molecule has 1 aromatic heterocycles. The van der Waals surface area contributed by atoms with Gasteiger partial charge in [0.1, 0.15) is 0 Å². The van der Waals surface area contributed by atoms with E-state index < -0.39 is 0 Å². The second kappa shape index (κ2) is 5.55. The summed E-state index contributed by atoms with van der Waals surface area (Å²) in [6.45, 7) is 7.99. The zero-order chi connectivity index (χ0) is 14.9. The van der Waals surface area contributed by atoms with Gasteiger partial charge in [0.2, 0.25) is 11.8 Å². The summed E-state index contributed by atoms with van der Waals surface area (Å²) in [6, 6.07) is 0.259. The summed E-state index contributed by atoms with van der Waals surface area (Å²) in [5, 5.41) is 8.03. The molecule has 0 aliphatic carbocycles. The molecule has 0 spiro atoms. The number of thioether (sulfide) groups is 1. The second-order valence-corrected chi connectivity index (χ2v) is 7.21. The van der Waals surface area contributed by atoms with E-state index in [0.29, 0.717) is 24.6 Å². The molecule has 0 bridgehead atoms. The first-order valence-electron chi connectivity index (χ1n) is 6.55. The van der Waals surface area contributed by atoms with Crippen molar-refractivity contribution in [2.75, 3.05) is 17.2 Å². The van der Waals surface area contributed by atoms with Crippen molar-refractivity contribution in [2.24, 2.45) is 5.92 Å². The number of carbonyl (C=O) groups excluding carboxylic acids is 2. The first-order chi connectivity index (χ1) is 9.27. The Balaban J connectivity index is 2.04. The van der Waals surface area contributed by atoms with Gasteiger partial charge in [0, 0.05) is 31.1 Å². The van der Waals surface area contributed by atoms with Gasteiger partial charge in [0.25, 0.3) is 0 Å². The van der Waals surface area contributed by atoms with Crippen molar-refractivity contribution in [3.05, 3.63) is 5.89 Å². The van der Waals surface area contributed by atoms with Crippen LogP contribution in [0.25, 0.3) is 0 Å². The van der Waals surface area contributed by atoms with Gasteiger partial charge in [-0.05, 0) is 5.92 Å². The summed E-state index contributed by atoms with van der Waals surface area (Å²) >= 11 is 1.25. The van der Waals surface area contributed by atoms with Gasteiger partial charge in [-0.2, -0.15) is 0 Å². The topological polar surface area (TPSA) is 76.3 Å². The maximum Gasteiger partial charge on any atom is 0.325 e. The molecule has 0 radical (unpaired) electrons. The quantitative estimate of drug-likeness (QED) is 0.849. The molecule has 2 rings (SSSR count). The summed E-state index contributed by atoms with van der Waals surface area (Å²) in [5.41, 5.74) is -0.238. The van der Waals surface area contributed by atoms with Crippen LogP contribution < -0.4 is 4.90 Å². The Morgan fingerprint density at radius 2 is 2.15 bits per heavy atom. The fourth-order valence-corrected chi connectivity index (χ4v) is 2.63. The zero-order valence-electron chi connectivity index (χ0n) is 12.2. The van der Waals surface area contributed by atoms with Gasteiger partial charge < -0.3 is 4.42 Å². The minimum Gasteiger partial charge on any atom is -0.407 e. The Labute approximate surface area is 122 Å². The van der Waals surface area contributed by atoms with Crippen LogP contribution in [0.2, 0.25) is 0 Å². The van der Waals surface area contributed by atoms with Crippen molar-refractivity contribution in [3.8, 4) is 0 Å². The van der Waals surface area contributed by atoms with E-state index >= 15 is 0 Å². The van der Waals surface area contributed by atoms with Crippen LogP contribution in [0.1, 0.15) is 40.0 Å². The Morgan fingerprint density at radius 1 is 1.45 bits per heavy atom. The van der Waals surface area contributed by atoms with Crippen LogP contribution >= 0.6 is 11.8 Å². The molecule has 2 heterocycles. The third-order valence-corrected chi connectivity index (χ3v) is 4.06. The van der Waals surface area contributed by atoms with Crippen LogP contribution in [0.4, 0.5) is 6.01 Å². The van der Waals surface area contributed by atoms with E-state index in [-0.39, 0.29) is 28.4 Å². The summed E-state index contributed by atoms with van der Waals surface area (Å²) in [5.74, 6) is 1.30. The number of hydrogen-bond donors (Lipinski definition) is 0. The van der Waals surface area contributed by atoms with E-state index in [1.165, 1.54) is 23.6 Å². The molecular weight excluding hydrogens is 278 g/mol. The molecule has 0 N–H and O–H groups in total. The third-order valence-electron chi connectivity index (χ3n) is 3.01. The van der Waals surface area contributed by atoms with Crippen molar-refractivity contribution in [1.82, 2.24) is 10.2 Å². The largest absolute Gasteiger partial charge is 0.407 e. The standard InChI is InChI=1S/C13H19N3O3S/c1-8(17)20-7-9-5-10(18)16(6-9)12-15-14-11(19-12)13(2,3)4/h9H,5-7H2,1-4H3. The van der Waals surface area contributed by atoms with E-state index in [2.05, 4.69) is 10.2 Å². The highest BCUT2D eigenvalue weighted by Crippen LogP contribution is 2.29. The molecule has 110 valence electrons. The van der Waals surface area contributed by atoms with Gasteiger partial charge in [-0.3, -0.25) is 14.5 Å². The predicted molar refractivity (Wildman–Crippen MR) is 76.6 cm³/mol. The fraction of sp³-hybridized carbons (Fsp3) is 0.692. The monoisotopic (exact) mass is 297 g/mol. The van der Waals surface area contributed by atoms with Gasteiger partial charge in [0.15, 0.2) is 5.12 Å². The summed E-state index contributed by atoms with van der Waals surface area (Å²) in [6.07, 6.45) is 0.424. The lowest BCUT2D eigenvalue weighted by Crippen LogP contribution is -2.25. The minimum atomic E-state index is -0.238. The number of hydrogen-bond acceptors (Lipinski definition) is 6. The first-order valence-corrected chi connectivity index (χ1v) is 7.53. The van der Waals surface area contributed by atoms with Gasteiger partial charge in [0.05, 0.1) is 0 Å². The van der Waals surface area contributed by atoms with Crippen molar-refractivity contribution >= 4 is 28.8 Å². The van der Waals surface area contributed by atoms with Crippen LogP contribution in [0, 0.1) is 5.92 Å². The zero-order valence-corrected chi connectivity index (χ0v) is 13.0. The molecule has 7 heteroatoms. The molecular formula is C13H19N3O3S. The summed E-state index contributed by atoms with van der Waals surface area (Å²) in [4.78, 5) is 24.5. The van der Waals surface area contributed by atoms with Gasteiger partial charge >= 0.3 is 6.01 Å². The van der Waals surface area contributed by atoms with Crippen LogP contribution in [-0.2, 0) is 15.0 Å². The Kier molecular flexibility index (Phi) is 4.17. The smallest absolute Gasteiger partial charge is 0.325 e. The van der Waals surface area contributed by atoms with E-state index in [1.54, 1.807) is 0 Å². The lowest BCUT2D eigenvalue weighted by Gasteiger charge is -2.13. The van der Waals surface area contributed by atoms with E-state index in [4.69, 9.17) is 4.42 Å². The number of anilines is 1. The maximum atomic E-state index is 12.0. The van der Waals surface area contributed by atoms with Crippen molar-refractivity contribution < 1.29 is 14.0 Å². The van der Waals surface area contributed by atoms with Gasteiger partial charge in [-0.15, -0.1) is 5.10 Å². The average molecular weight is 297 g/mol. The highest BCUT2D eigenvalue weighted by molar-refractivity contribution is 8.13. The number of aromatic nitrogens is 2. The minimum absolute atomic E-state index is 0.0248. The number of amides is 1. The fourth-order valence-electron chi connectivity index (χ4n) is 1.94. The van der Waals surface area contributed by atoms with Gasteiger partial charge in [-0.1, -0.05) is 37.6 Å². The Hall–Kier alpha value is -1.37.